The molecule has 2 rings (SSSR count). The highest BCUT2D eigenvalue weighted by atomic mass is 32.2. The van der Waals surface area contributed by atoms with Crippen LogP contribution in [0.4, 0.5) is 11.4 Å². The lowest BCUT2D eigenvalue weighted by Crippen LogP contribution is -2.19. The Morgan fingerprint density at radius 3 is 2.42 bits per heavy atom. The van der Waals surface area contributed by atoms with E-state index in [0.29, 0.717) is 5.11 Å². The van der Waals surface area contributed by atoms with Gasteiger partial charge in [-0.3, -0.25) is 0 Å². The van der Waals surface area contributed by atoms with Gasteiger partial charge >= 0.3 is 0 Å². The maximum Gasteiger partial charge on any atom is 0.175 e. The van der Waals surface area contributed by atoms with Crippen molar-refractivity contribution in [2.24, 2.45) is 0 Å². The van der Waals surface area contributed by atoms with Crippen molar-refractivity contribution in [2.45, 2.75) is 11.8 Å². The third-order valence-electron chi connectivity index (χ3n) is 2.47. The van der Waals surface area contributed by atoms with Crippen LogP contribution in [0.25, 0.3) is 0 Å². The molecule has 0 amide bonds. The van der Waals surface area contributed by atoms with Crippen LogP contribution in [0.5, 0.6) is 0 Å². The Kier molecular flexibility index (Phi) is 5.24. The minimum Gasteiger partial charge on any atom is -0.332 e. The molecule has 0 saturated heterocycles. The zero-order valence-electron chi connectivity index (χ0n) is 10.7. The monoisotopic (exact) mass is 288 g/mol. The van der Waals surface area contributed by atoms with Crippen molar-refractivity contribution in [3.05, 3.63) is 54.6 Å². The molecule has 0 aliphatic heterocycles. The molecule has 0 bridgehead atoms. The molecule has 19 heavy (non-hydrogen) atoms. The first-order chi connectivity index (χ1) is 9.29. The van der Waals surface area contributed by atoms with Crippen molar-refractivity contribution in [3.8, 4) is 0 Å². The number of para-hydroxylation sites is 2. The normalized spacial score (nSPS) is 9.95. The molecule has 98 valence electrons. The molecule has 0 aliphatic carbocycles. The third kappa shape index (κ3) is 4.26. The lowest BCUT2D eigenvalue weighted by molar-refractivity contribution is 1.41. The van der Waals surface area contributed by atoms with E-state index in [2.05, 4.69) is 23.6 Å². The zero-order valence-corrected chi connectivity index (χ0v) is 12.4. The van der Waals surface area contributed by atoms with Gasteiger partial charge in [-0.25, -0.2) is 0 Å². The van der Waals surface area contributed by atoms with Gasteiger partial charge in [-0.05, 0) is 42.2 Å². The standard InChI is InChI=1S/C15H16N2S2/c1-2-19-14-11-7-6-10-13(14)17-15(18)16-12-8-4-3-5-9-12/h3-11H,2H2,1H3,(H2,16,17,18). The summed E-state index contributed by atoms with van der Waals surface area (Å²) < 4.78 is 0. The molecule has 2 N–H and O–H groups in total. The lowest BCUT2D eigenvalue weighted by Gasteiger charge is -2.13. The summed E-state index contributed by atoms with van der Waals surface area (Å²) in [6.45, 7) is 2.14. The van der Waals surface area contributed by atoms with E-state index in [-0.39, 0.29) is 0 Å². The van der Waals surface area contributed by atoms with Crippen LogP contribution in [0.1, 0.15) is 6.92 Å². The second-order valence-corrected chi connectivity index (χ2v) is 5.59. The Hall–Kier alpha value is -1.52. The number of thioether (sulfide) groups is 1. The molecular weight excluding hydrogens is 272 g/mol. The fourth-order valence-electron chi connectivity index (χ4n) is 1.66. The summed E-state index contributed by atoms with van der Waals surface area (Å²) in [4.78, 5) is 1.21. The highest BCUT2D eigenvalue weighted by Crippen LogP contribution is 2.26. The summed E-state index contributed by atoms with van der Waals surface area (Å²) in [7, 11) is 0. The first-order valence-corrected chi connectivity index (χ1v) is 7.54. The van der Waals surface area contributed by atoms with Gasteiger partial charge in [-0.1, -0.05) is 37.3 Å². The molecule has 0 aromatic heterocycles. The SMILES string of the molecule is CCSc1ccccc1NC(=S)Nc1ccccc1. The van der Waals surface area contributed by atoms with Crippen molar-refractivity contribution in [3.63, 3.8) is 0 Å². The number of hydrogen-bond acceptors (Lipinski definition) is 2. The maximum atomic E-state index is 5.33. The first-order valence-electron chi connectivity index (χ1n) is 6.14. The Labute approximate surface area is 123 Å². The van der Waals surface area contributed by atoms with Crippen molar-refractivity contribution in [1.82, 2.24) is 0 Å². The Bertz CT molecular complexity index is 541. The van der Waals surface area contributed by atoms with Gasteiger partial charge in [0, 0.05) is 10.6 Å². The average molecular weight is 288 g/mol. The highest BCUT2D eigenvalue weighted by Gasteiger charge is 2.03. The number of hydrogen-bond donors (Lipinski definition) is 2. The molecule has 2 aromatic carbocycles. The number of nitrogens with one attached hydrogen (secondary N) is 2. The fraction of sp³-hybridized carbons (Fsp3) is 0.133. The predicted octanol–water partition coefficient (Wildman–Crippen LogP) is 4.61. The van der Waals surface area contributed by atoms with E-state index in [1.165, 1.54) is 4.90 Å². The molecule has 0 heterocycles. The van der Waals surface area contributed by atoms with Crippen LogP contribution in [-0.4, -0.2) is 10.9 Å². The lowest BCUT2D eigenvalue weighted by atomic mass is 10.3. The van der Waals surface area contributed by atoms with Gasteiger partial charge in [0.2, 0.25) is 0 Å². The quantitative estimate of drug-likeness (QED) is 0.634. The first kappa shape index (κ1) is 13.9. The van der Waals surface area contributed by atoms with E-state index in [1.807, 2.05) is 48.5 Å². The summed E-state index contributed by atoms with van der Waals surface area (Å²) >= 11 is 7.13. The van der Waals surface area contributed by atoms with Crippen LogP contribution in [0, 0.1) is 0 Å². The van der Waals surface area contributed by atoms with E-state index in [4.69, 9.17) is 12.2 Å². The maximum absolute atomic E-state index is 5.33. The van der Waals surface area contributed by atoms with E-state index >= 15 is 0 Å². The minimum atomic E-state index is 0.607. The van der Waals surface area contributed by atoms with Crippen molar-refractivity contribution in [2.75, 3.05) is 16.4 Å². The second kappa shape index (κ2) is 7.16. The minimum absolute atomic E-state index is 0.607. The van der Waals surface area contributed by atoms with Crippen LogP contribution in [0.2, 0.25) is 0 Å². The van der Waals surface area contributed by atoms with Gasteiger partial charge in [-0.2, -0.15) is 0 Å². The number of benzene rings is 2. The molecule has 0 fully saturated rings. The van der Waals surface area contributed by atoms with Gasteiger partial charge in [-0.15, -0.1) is 11.8 Å². The Morgan fingerprint density at radius 1 is 1.00 bits per heavy atom. The number of anilines is 2. The molecule has 0 unspecified atom stereocenters. The molecule has 0 saturated carbocycles. The molecule has 2 aromatic rings. The smallest absolute Gasteiger partial charge is 0.175 e. The van der Waals surface area contributed by atoms with Crippen LogP contribution in [-0.2, 0) is 0 Å². The van der Waals surface area contributed by atoms with Crippen LogP contribution in [0.15, 0.2) is 59.5 Å². The summed E-state index contributed by atoms with van der Waals surface area (Å²) in [5, 5.41) is 7.02. The predicted molar refractivity (Wildman–Crippen MR) is 89.1 cm³/mol. The zero-order chi connectivity index (χ0) is 13.5. The second-order valence-electron chi connectivity index (χ2n) is 3.87. The van der Waals surface area contributed by atoms with Gasteiger partial charge in [0.15, 0.2) is 5.11 Å². The molecule has 0 spiro atoms. The van der Waals surface area contributed by atoms with Gasteiger partial charge in [0.1, 0.15) is 0 Å². The summed E-state index contributed by atoms with van der Waals surface area (Å²) in [5.74, 6) is 1.04. The Morgan fingerprint density at radius 2 is 1.68 bits per heavy atom. The average Bonchev–Trinajstić information content (AvgIpc) is 2.42. The molecule has 0 radical (unpaired) electrons. The topological polar surface area (TPSA) is 24.1 Å². The Balaban J connectivity index is 2.03. The van der Waals surface area contributed by atoms with Crippen molar-refractivity contribution >= 4 is 40.5 Å². The van der Waals surface area contributed by atoms with Crippen LogP contribution >= 0.6 is 24.0 Å². The van der Waals surface area contributed by atoms with Gasteiger partial charge < -0.3 is 10.6 Å². The molecule has 4 heteroatoms. The third-order valence-corrected chi connectivity index (χ3v) is 3.63. The van der Waals surface area contributed by atoms with Gasteiger partial charge in [0.25, 0.3) is 0 Å². The fourth-order valence-corrected chi connectivity index (χ4v) is 2.65. The number of thiocarbonyl (C=S) groups is 1. The van der Waals surface area contributed by atoms with E-state index in [1.54, 1.807) is 11.8 Å². The molecule has 2 nitrogen and oxygen atoms in total. The van der Waals surface area contributed by atoms with Crippen LogP contribution < -0.4 is 10.6 Å². The number of rotatable bonds is 4. The van der Waals surface area contributed by atoms with Crippen molar-refractivity contribution in [1.29, 1.82) is 0 Å². The summed E-state index contributed by atoms with van der Waals surface area (Å²) in [6.07, 6.45) is 0. The van der Waals surface area contributed by atoms with E-state index < -0.39 is 0 Å². The molecule has 0 atom stereocenters. The molecular formula is C15H16N2S2. The van der Waals surface area contributed by atoms with Crippen LogP contribution in [0.3, 0.4) is 0 Å². The van der Waals surface area contributed by atoms with Gasteiger partial charge in [0.05, 0.1) is 5.69 Å². The van der Waals surface area contributed by atoms with E-state index in [0.717, 1.165) is 17.1 Å². The van der Waals surface area contributed by atoms with Crippen molar-refractivity contribution < 1.29 is 0 Å². The largest absolute Gasteiger partial charge is 0.332 e. The highest BCUT2D eigenvalue weighted by molar-refractivity contribution is 7.99. The summed E-state index contributed by atoms with van der Waals surface area (Å²) in [5.41, 5.74) is 2.03. The molecule has 0 aliphatic rings. The summed E-state index contributed by atoms with van der Waals surface area (Å²) in [6, 6.07) is 18.1. The van der Waals surface area contributed by atoms with E-state index in [9.17, 15) is 0 Å².